The molecule has 9 heteroatoms. The molecule has 1 saturated heterocycles. The maximum absolute atomic E-state index is 13.3. The first kappa shape index (κ1) is 18.7. The molecule has 0 radical (unpaired) electrons. The summed E-state index contributed by atoms with van der Waals surface area (Å²) in [5.74, 6) is -1.92. The quantitative estimate of drug-likeness (QED) is 0.804. The van der Waals surface area contributed by atoms with E-state index in [9.17, 15) is 18.8 Å². The summed E-state index contributed by atoms with van der Waals surface area (Å²) in [5, 5.41) is 11.5. The molecule has 29 heavy (non-hydrogen) atoms. The number of carbonyl (C=O) groups excluding carboxylic acids is 3. The number of carbonyl (C=O) groups is 3. The molecule has 0 saturated carbocycles. The Morgan fingerprint density at radius 3 is 2.48 bits per heavy atom. The Hall–Kier alpha value is -3.62. The van der Waals surface area contributed by atoms with Crippen molar-refractivity contribution in [3.63, 3.8) is 0 Å². The molecule has 2 atom stereocenters. The number of nitrogens with zero attached hydrogens (tertiary/aromatic N) is 4. The fourth-order valence-corrected chi connectivity index (χ4v) is 3.65. The third kappa shape index (κ3) is 3.24. The zero-order valence-electron chi connectivity index (χ0n) is 15.8. The van der Waals surface area contributed by atoms with Gasteiger partial charge in [0.25, 0.3) is 11.8 Å². The topological polar surface area (TPSA) is 94.4 Å². The number of imide groups is 1. The molecule has 2 aromatic rings. The van der Waals surface area contributed by atoms with Gasteiger partial charge in [0.15, 0.2) is 12.1 Å². The van der Waals surface area contributed by atoms with Crippen LogP contribution in [0.4, 0.5) is 15.8 Å². The molecule has 0 aliphatic carbocycles. The van der Waals surface area contributed by atoms with Gasteiger partial charge >= 0.3 is 0 Å². The number of para-hydroxylation sites is 1. The second-order valence-corrected chi connectivity index (χ2v) is 7.00. The van der Waals surface area contributed by atoms with Gasteiger partial charge in [0.05, 0.1) is 5.69 Å². The van der Waals surface area contributed by atoms with Crippen LogP contribution in [0.1, 0.15) is 11.1 Å². The van der Waals surface area contributed by atoms with Crippen molar-refractivity contribution in [2.24, 2.45) is 10.3 Å². The normalized spacial score (nSPS) is 20.4. The van der Waals surface area contributed by atoms with Crippen LogP contribution < -0.4 is 10.2 Å². The first-order valence-electron chi connectivity index (χ1n) is 9.03. The Balaban J connectivity index is 1.53. The highest BCUT2D eigenvalue weighted by Gasteiger charge is 2.55. The average molecular weight is 395 g/mol. The second kappa shape index (κ2) is 7.08. The van der Waals surface area contributed by atoms with Gasteiger partial charge in [-0.2, -0.15) is 5.11 Å². The van der Waals surface area contributed by atoms with E-state index >= 15 is 0 Å². The summed E-state index contributed by atoms with van der Waals surface area (Å²) in [4.78, 5) is 39.4. The SMILES string of the molecule is Cc1cccc(C)c1N1C(=O)[C@@H]2N=NN(CC(=O)Nc3cccc(F)c3)[C@H]2C1=O. The van der Waals surface area contributed by atoms with Crippen LogP contribution in [0.5, 0.6) is 0 Å². The van der Waals surface area contributed by atoms with Crippen LogP contribution in [0.15, 0.2) is 52.8 Å². The minimum absolute atomic E-state index is 0.286. The third-order valence-corrected chi connectivity index (χ3v) is 4.93. The van der Waals surface area contributed by atoms with E-state index in [0.29, 0.717) is 5.69 Å². The summed E-state index contributed by atoms with van der Waals surface area (Å²) < 4.78 is 13.3. The lowest BCUT2D eigenvalue weighted by Crippen LogP contribution is -2.43. The summed E-state index contributed by atoms with van der Waals surface area (Å²) in [7, 11) is 0. The summed E-state index contributed by atoms with van der Waals surface area (Å²) in [5.41, 5.74) is 2.41. The molecule has 3 amide bonds. The Kier molecular flexibility index (Phi) is 4.57. The Morgan fingerprint density at radius 2 is 1.79 bits per heavy atom. The van der Waals surface area contributed by atoms with E-state index in [1.165, 1.54) is 23.2 Å². The number of amides is 3. The first-order valence-corrected chi connectivity index (χ1v) is 9.03. The molecule has 2 heterocycles. The fraction of sp³-hybridized carbons (Fsp3) is 0.250. The van der Waals surface area contributed by atoms with Crippen LogP contribution in [0.2, 0.25) is 0 Å². The number of rotatable bonds is 4. The van der Waals surface area contributed by atoms with Crippen molar-refractivity contribution in [3.05, 3.63) is 59.4 Å². The van der Waals surface area contributed by atoms with E-state index in [2.05, 4.69) is 15.7 Å². The number of hydrogen-bond donors (Lipinski definition) is 1. The molecule has 1 fully saturated rings. The van der Waals surface area contributed by atoms with Crippen molar-refractivity contribution in [1.82, 2.24) is 5.01 Å². The highest BCUT2D eigenvalue weighted by molar-refractivity contribution is 6.26. The van der Waals surface area contributed by atoms with Crippen molar-refractivity contribution < 1.29 is 18.8 Å². The summed E-state index contributed by atoms with van der Waals surface area (Å²) in [6, 6.07) is 9.00. The molecular weight excluding hydrogens is 377 g/mol. The van der Waals surface area contributed by atoms with Crippen LogP contribution in [0.3, 0.4) is 0 Å². The van der Waals surface area contributed by atoms with Gasteiger partial charge in [-0.25, -0.2) is 9.29 Å². The molecule has 0 bridgehead atoms. The number of anilines is 2. The van der Waals surface area contributed by atoms with Crippen molar-refractivity contribution in [2.75, 3.05) is 16.8 Å². The lowest BCUT2D eigenvalue weighted by Gasteiger charge is -2.22. The van der Waals surface area contributed by atoms with Crippen LogP contribution >= 0.6 is 0 Å². The van der Waals surface area contributed by atoms with Crippen molar-refractivity contribution in [3.8, 4) is 0 Å². The van der Waals surface area contributed by atoms with Crippen LogP contribution in [0, 0.1) is 19.7 Å². The van der Waals surface area contributed by atoms with Gasteiger partial charge in [-0.15, -0.1) is 0 Å². The maximum atomic E-state index is 13.3. The molecule has 2 aliphatic rings. The molecule has 1 N–H and O–H groups in total. The van der Waals surface area contributed by atoms with E-state index in [1.807, 2.05) is 32.0 Å². The zero-order chi connectivity index (χ0) is 20.7. The molecule has 0 aromatic heterocycles. The number of benzene rings is 2. The maximum Gasteiger partial charge on any atom is 0.263 e. The molecule has 8 nitrogen and oxygen atoms in total. The molecule has 0 spiro atoms. The predicted molar refractivity (Wildman–Crippen MR) is 103 cm³/mol. The Labute approximate surface area is 166 Å². The number of halogens is 1. The van der Waals surface area contributed by atoms with Gasteiger partial charge in [-0.1, -0.05) is 29.5 Å². The molecule has 0 unspecified atom stereocenters. The van der Waals surface area contributed by atoms with Crippen LogP contribution in [0.25, 0.3) is 0 Å². The average Bonchev–Trinajstić information content (AvgIpc) is 3.17. The van der Waals surface area contributed by atoms with Crippen molar-refractivity contribution in [1.29, 1.82) is 0 Å². The van der Waals surface area contributed by atoms with Gasteiger partial charge in [-0.05, 0) is 43.2 Å². The zero-order valence-corrected chi connectivity index (χ0v) is 15.8. The number of aryl methyl sites for hydroxylation is 2. The molecular formula is C20H18FN5O3. The molecule has 148 valence electrons. The standard InChI is InChI=1S/C20H18FN5O3/c1-11-5-3-6-12(2)17(11)26-19(28)16-18(20(26)29)25(24-23-16)10-15(27)22-14-8-4-7-13(21)9-14/h3-9,16,18H,10H2,1-2H3,(H,22,27)/t16-,18-/m1/s1. The van der Waals surface area contributed by atoms with Gasteiger partial charge in [-0.3, -0.25) is 19.4 Å². The van der Waals surface area contributed by atoms with Gasteiger partial charge in [0.1, 0.15) is 12.4 Å². The fourth-order valence-electron chi connectivity index (χ4n) is 3.65. The third-order valence-electron chi connectivity index (χ3n) is 4.93. The molecule has 2 aliphatic heterocycles. The summed E-state index contributed by atoms with van der Waals surface area (Å²) >= 11 is 0. The van der Waals surface area contributed by atoms with E-state index in [-0.39, 0.29) is 12.2 Å². The molecule has 2 aromatic carbocycles. The minimum atomic E-state index is -0.983. The number of nitrogens with one attached hydrogen (secondary N) is 1. The van der Waals surface area contributed by atoms with Gasteiger partial charge in [0, 0.05) is 5.69 Å². The summed E-state index contributed by atoms with van der Waals surface area (Å²) in [6.45, 7) is 3.35. The van der Waals surface area contributed by atoms with Gasteiger partial charge in [0.2, 0.25) is 5.91 Å². The van der Waals surface area contributed by atoms with Crippen LogP contribution in [-0.2, 0) is 14.4 Å². The van der Waals surface area contributed by atoms with Crippen molar-refractivity contribution >= 4 is 29.1 Å². The lowest BCUT2D eigenvalue weighted by atomic mass is 10.1. The monoisotopic (exact) mass is 395 g/mol. The summed E-state index contributed by atoms with van der Waals surface area (Å²) in [6.07, 6.45) is 0. The predicted octanol–water partition coefficient (Wildman–Crippen LogP) is 2.37. The van der Waals surface area contributed by atoms with Crippen molar-refractivity contribution in [2.45, 2.75) is 25.9 Å². The Bertz CT molecular complexity index is 1030. The van der Waals surface area contributed by atoms with E-state index < -0.39 is 35.6 Å². The minimum Gasteiger partial charge on any atom is -0.324 e. The van der Waals surface area contributed by atoms with E-state index in [4.69, 9.17) is 0 Å². The number of fused-ring (bicyclic) bond motifs is 1. The highest BCUT2D eigenvalue weighted by Crippen LogP contribution is 2.35. The lowest BCUT2D eigenvalue weighted by molar-refractivity contribution is -0.123. The Morgan fingerprint density at radius 1 is 1.10 bits per heavy atom. The second-order valence-electron chi connectivity index (χ2n) is 7.00. The van der Waals surface area contributed by atoms with E-state index in [1.54, 1.807) is 6.07 Å². The first-order chi connectivity index (χ1) is 13.9. The van der Waals surface area contributed by atoms with E-state index in [0.717, 1.165) is 16.0 Å². The van der Waals surface area contributed by atoms with Gasteiger partial charge < -0.3 is 5.32 Å². The number of hydrogen-bond acceptors (Lipinski definition) is 6. The molecule has 4 rings (SSSR count). The van der Waals surface area contributed by atoms with Crippen LogP contribution in [-0.4, -0.2) is 41.4 Å². The largest absolute Gasteiger partial charge is 0.324 e. The smallest absolute Gasteiger partial charge is 0.263 e. The highest BCUT2D eigenvalue weighted by atomic mass is 19.1.